The van der Waals surface area contributed by atoms with E-state index in [1.54, 1.807) is 18.2 Å². The lowest BCUT2D eigenvalue weighted by Crippen LogP contribution is -2.38. The van der Waals surface area contributed by atoms with Crippen LogP contribution in [0.25, 0.3) is 0 Å². The molecule has 0 spiro atoms. The molecule has 2 aliphatic rings. The molecule has 1 fully saturated rings. The Kier molecular flexibility index (Phi) is 4.75. The highest BCUT2D eigenvalue weighted by molar-refractivity contribution is 5.87. The molecule has 2 aromatic carbocycles. The maximum absolute atomic E-state index is 12.8. The highest BCUT2D eigenvalue weighted by atomic mass is 16.7. The van der Waals surface area contributed by atoms with Crippen molar-refractivity contribution in [1.82, 2.24) is 9.96 Å². The third-order valence-corrected chi connectivity index (χ3v) is 4.93. The molecule has 1 saturated heterocycles. The molecule has 2 bridgehead atoms. The van der Waals surface area contributed by atoms with Crippen molar-refractivity contribution < 1.29 is 24.3 Å². The van der Waals surface area contributed by atoms with E-state index in [2.05, 4.69) is 6.58 Å². The Labute approximate surface area is 162 Å². The van der Waals surface area contributed by atoms with Crippen LogP contribution in [-0.4, -0.2) is 40.2 Å². The molecular formula is C21H20N2O5. The van der Waals surface area contributed by atoms with Gasteiger partial charge in [-0.1, -0.05) is 48.5 Å². The van der Waals surface area contributed by atoms with Crippen molar-refractivity contribution >= 4 is 12.0 Å². The summed E-state index contributed by atoms with van der Waals surface area (Å²) in [6.07, 6.45) is 1.54. The Morgan fingerprint density at radius 2 is 2.00 bits per heavy atom. The van der Waals surface area contributed by atoms with Crippen molar-refractivity contribution in [3.05, 3.63) is 77.9 Å². The van der Waals surface area contributed by atoms with Crippen LogP contribution in [0.5, 0.6) is 5.75 Å². The third-order valence-electron chi connectivity index (χ3n) is 4.93. The molecule has 0 radical (unpaired) electrons. The topological polar surface area (TPSA) is 79.3 Å². The smallest absolute Gasteiger partial charge is 0.345 e. The quantitative estimate of drug-likeness (QED) is 0.746. The van der Waals surface area contributed by atoms with Crippen LogP contribution in [0.4, 0.5) is 4.79 Å². The largest absolute Gasteiger partial charge is 0.489 e. The van der Waals surface area contributed by atoms with E-state index in [1.807, 2.05) is 30.3 Å². The van der Waals surface area contributed by atoms with Crippen molar-refractivity contribution in [1.29, 1.82) is 0 Å². The molecule has 7 heteroatoms. The van der Waals surface area contributed by atoms with E-state index in [0.717, 1.165) is 5.56 Å². The van der Waals surface area contributed by atoms with Crippen molar-refractivity contribution in [3.63, 3.8) is 0 Å². The predicted molar refractivity (Wildman–Crippen MR) is 100 cm³/mol. The number of hydrogen-bond acceptors (Lipinski definition) is 4. The zero-order chi connectivity index (χ0) is 19.7. The van der Waals surface area contributed by atoms with Crippen LogP contribution < -0.4 is 4.74 Å². The first-order valence-corrected chi connectivity index (χ1v) is 8.97. The molecule has 0 saturated carbocycles. The Bertz CT molecular complexity index is 914. The van der Waals surface area contributed by atoms with Crippen LogP contribution >= 0.6 is 0 Å². The van der Waals surface area contributed by atoms with E-state index in [1.165, 1.54) is 16.0 Å². The summed E-state index contributed by atoms with van der Waals surface area (Å²) in [4.78, 5) is 31.6. The molecule has 2 amide bonds. The number of carbonyl (C=O) groups is 2. The van der Waals surface area contributed by atoms with E-state index in [0.29, 0.717) is 23.5 Å². The summed E-state index contributed by atoms with van der Waals surface area (Å²) in [5.74, 6) is -0.530. The number of benzene rings is 2. The monoisotopic (exact) mass is 380 g/mol. The number of carbonyl (C=O) groups excluding carboxylic acids is 1. The van der Waals surface area contributed by atoms with E-state index in [4.69, 9.17) is 9.57 Å². The highest BCUT2D eigenvalue weighted by Crippen LogP contribution is 2.47. The average Bonchev–Trinajstić information content (AvgIpc) is 2.97. The van der Waals surface area contributed by atoms with Gasteiger partial charge in [0.2, 0.25) is 0 Å². The molecule has 7 nitrogen and oxygen atoms in total. The van der Waals surface area contributed by atoms with Crippen molar-refractivity contribution in [2.24, 2.45) is 0 Å². The first kappa shape index (κ1) is 18.1. The SMILES string of the molecule is C=CCON1C(=O)N2CC1c1c(OCc3ccccc3)cccc1C2C(=O)O. The van der Waals surface area contributed by atoms with Gasteiger partial charge in [0.1, 0.15) is 18.4 Å². The predicted octanol–water partition coefficient (Wildman–Crippen LogP) is 3.30. The molecule has 0 aromatic heterocycles. The Hall–Kier alpha value is -3.32. The van der Waals surface area contributed by atoms with Crippen LogP contribution in [0.1, 0.15) is 28.8 Å². The van der Waals surface area contributed by atoms with Gasteiger partial charge in [0.05, 0.1) is 13.2 Å². The summed E-state index contributed by atoms with van der Waals surface area (Å²) in [7, 11) is 0. The second-order valence-corrected chi connectivity index (χ2v) is 6.64. The highest BCUT2D eigenvalue weighted by Gasteiger charge is 2.52. The van der Waals surface area contributed by atoms with E-state index >= 15 is 0 Å². The summed E-state index contributed by atoms with van der Waals surface area (Å²) in [5.41, 5.74) is 2.22. The molecule has 4 rings (SSSR count). The minimum Gasteiger partial charge on any atom is -0.489 e. The lowest BCUT2D eigenvalue weighted by Gasteiger charge is -2.31. The Morgan fingerprint density at radius 1 is 1.21 bits per heavy atom. The first-order valence-electron chi connectivity index (χ1n) is 8.97. The zero-order valence-electron chi connectivity index (χ0n) is 15.2. The van der Waals surface area contributed by atoms with Crippen molar-refractivity contribution in [2.45, 2.75) is 18.7 Å². The summed E-state index contributed by atoms with van der Waals surface area (Å²) in [6.45, 7) is 4.32. The molecule has 2 aromatic rings. The zero-order valence-corrected chi connectivity index (χ0v) is 15.2. The van der Waals surface area contributed by atoms with Gasteiger partial charge in [-0.25, -0.2) is 9.59 Å². The van der Waals surface area contributed by atoms with Crippen LogP contribution in [0.3, 0.4) is 0 Å². The molecule has 2 atom stereocenters. The number of amides is 2. The number of ether oxygens (including phenoxy) is 1. The average molecular weight is 380 g/mol. The van der Waals surface area contributed by atoms with Crippen LogP contribution in [-0.2, 0) is 16.2 Å². The van der Waals surface area contributed by atoms with Gasteiger partial charge >= 0.3 is 12.0 Å². The normalized spacial score (nSPS) is 20.1. The number of carboxylic acid groups (broad SMARTS) is 1. The molecular weight excluding hydrogens is 360 g/mol. The standard InChI is InChI=1S/C21H20N2O5/c1-2-11-28-23-16-12-22(21(23)26)19(20(24)25)15-9-6-10-17(18(15)16)27-13-14-7-4-3-5-8-14/h2-10,16,19H,1,11-13H2,(H,24,25). The lowest BCUT2D eigenvalue weighted by atomic mass is 9.90. The fourth-order valence-corrected chi connectivity index (χ4v) is 3.75. The number of rotatable bonds is 7. The van der Waals surface area contributed by atoms with Gasteiger partial charge in [0.15, 0.2) is 6.04 Å². The fourth-order valence-electron chi connectivity index (χ4n) is 3.75. The van der Waals surface area contributed by atoms with E-state index in [9.17, 15) is 14.7 Å². The molecule has 28 heavy (non-hydrogen) atoms. The Morgan fingerprint density at radius 3 is 2.71 bits per heavy atom. The van der Waals surface area contributed by atoms with Gasteiger partial charge in [-0.3, -0.25) is 4.84 Å². The first-order chi connectivity index (χ1) is 13.6. The number of fused-ring (bicyclic) bond motifs is 4. The van der Waals surface area contributed by atoms with E-state index in [-0.39, 0.29) is 13.2 Å². The van der Waals surface area contributed by atoms with Crippen LogP contribution in [0, 0.1) is 0 Å². The van der Waals surface area contributed by atoms with Gasteiger partial charge < -0.3 is 14.7 Å². The molecule has 0 aliphatic carbocycles. The summed E-state index contributed by atoms with van der Waals surface area (Å²) in [6, 6.07) is 13.0. The molecule has 1 N–H and O–H groups in total. The molecule has 2 unspecified atom stereocenters. The maximum Gasteiger partial charge on any atom is 0.345 e. The second kappa shape index (κ2) is 7.36. The molecule has 2 heterocycles. The summed E-state index contributed by atoms with van der Waals surface area (Å²) in [5, 5.41) is 11.0. The van der Waals surface area contributed by atoms with Crippen LogP contribution in [0.15, 0.2) is 61.2 Å². The van der Waals surface area contributed by atoms with Gasteiger partial charge in [0.25, 0.3) is 0 Å². The van der Waals surface area contributed by atoms with Crippen LogP contribution in [0.2, 0.25) is 0 Å². The maximum atomic E-state index is 12.8. The molecule has 2 aliphatic heterocycles. The van der Waals surface area contributed by atoms with E-state index < -0.39 is 24.1 Å². The van der Waals surface area contributed by atoms with Crippen molar-refractivity contribution in [2.75, 3.05) is 13.2 Å². The van der Waals surface area contributed by atoms with Gasteiger partial charge in [0, 0.05) is 5.56 Å². The van der Waals surface area contributed by atoms with Crippen molar-refractivity contribution in [3.8, 4) is 5.75 Å². The number of nitrogens with zero attached hydrogens (tertiary/aromatic N) is 2. The fraction of sp³-hybridized carbons (Fsp3) is 0.238. The summed E-state index contributed by atoms with van der Waals surface area (Å²) >= 11 is 0. The van der Waals surface area contributed by atoms with Gasteiger partial charge in [-0.2, -0.15) is 5.06 Å². The minimum absolute atomic E-state index is 0.149. The number of hydrogen-bond donors (Lipinski definition) is 1. The number of urea groups is 1. The number of aliphatic carboxylic acids is 1. The molecule has 144 valence electrons. The second-order valence-electron chi connectivity index (χ2n) is 6.64. The lowest BCUT2D eigenvalue weighted by molar-refractivity contribution is -0.142. The third kappa shape index (κ3) is 2.99. The minimum atomic E-state index is -1.08. The van der Waals surface area contributed by atoms with Gasteiger partial charge in [-0.15, -0.1) is 6.58 Å². The number of carboxylic acids is 1. The Balaban J connectivity index is 1.73. The van der Waals surface area contributed by atoms with Gasteiger partial charge in [-0.05, 0) is 17.2 Å². The number of hydroxylamine groups is 2. The summed E-state index contributed by atoms with van der Waals surface area (Å²) < 4.78 is 6.03.